The number of halogens is 2. The van der Waals surface area contributed by atoms with Crippen molar-refractivity contribution < 1.29 is 13.6 Å². The number of nitrogens with two attached hydrogens (primary N) is 1. The van der Waals surface area contributed by atoms with Crippen LogP contribution in [0.15, 0.2) is 18.2 Å². The van der Waals surface area contributed by atoms with Crippen LogP contribution < -0.4 is 5.73 Å². The molecule has 1 unspecified atom stereocenters. The second kappa shape index (κ2) is 5.44. The Hall–Kier alpha value is -1.49. The molecule has 1 heterocycles. The number of carbonyl (C=O) groups is 1. The lowest BCUT2D eigenvalue weighted by Gasteiger charge is -2.30. The molecular weight excluding hydrogens is 238 g/mol. The quantitative estimate of drug-likeness (QED) is 0.868. The summed E-state index contributed by atoms with van der Waals surface area (Å²) in [6.45, 7) is 1.20. The molecule has 5 heteroatoms. The fraction of sp³-hybridized carbons (Fsp3) is 0.462. The van der Waals surface area contributed by atoms with Crippen molar-refractivity contribution in [2.24, 2.45) is 5.73 Å². The molecule has 1 aliphatic heterocycles. The van der Waals surface area contributed by atoms with Crippen LogP contribution in [0.25, 0.3) is 0 Å². The summed E-state index contributed by atoms with van der Waals surface area (Å²) >= 11 is 0. The lowest BCUT2D eigenvalue weighted by molar-refractivity contribution is -0.131. The highest BCUT2D eigenvalue weighted by molar-refractivity contribution is 5.78. The van der Waals surface area contributed by atoms with E-state index in [1.54, 1.807) is 4.90 Å². The van der Waals surface area contributed by atoms with Gasteiger partial charge in [-0.25, -0.2) is 8.78 Å². The zero-order valence-corrected chi connectivity index (χ0v) is 10.0. The van der Waals surface area contributed by atoms with Crippen LogP contribution in [0.5, 0.6) is 0 Å². The molecule has 1 aromatic rings. The van der Waals surface area contributed by atoms with E-state index in [-0.39, 0.29) is 18.4 Å². The molecule has 1 saturated heterocycles. The van der Waals surface area contributed by atoms with Crippen LogP contribution in [0.1, 0.15) is 18.4 Å². The largest absolute Gasteiger partial charge is 0.341 e. The molecule has 0 saturated carbocycles. The van der Waals surface area contributed by atoms with Crippen molar-refractivity contribution in [1.82, 2.24) is 4.90 Å². The first kappa shape index (κ1) is 13.0. The zero-order valence-electron chi connectivity index (χ0n) is 10.0. The van der Waals surface area contributed by atoms with E-state index in [9.17, 15) is 13.6 Å². The van der Waals surface area contributed by atoms with E-state index in [4.69, 9.17) is 5.73 Å². The van der Waals surface area contributed by atoms with Crippen molar-refractivity contribution in [3.63, 3.8) is 0 Å². The summed E-state index contributed by atoms with van der Waals surface area (Å²) in [4.78, 5) is 13.6. The predicted molar refractivity (Wildman–Crippen MR) is 63.9 cm³/mol. The Labute approximate surface area is 105 Å². The van der Waals surface area contributed by atoms with Crippen molar-refractivity contribution in [1.29, 1.82) is 0 Å². The smallest absolute Gasteiger partial charge is 0.227 e. The molecule has 0 radical (unpaired) electrons. The Kier molecular flexibility index (Phi) is 3.91. The van der Waals surface area contributed by atoms with Gasteiger partial charge in [0.2, 0.25) is 5.91 Å². The molecule has 0 aromatic heterocycles. The monoisotopic (exact) mass is 254 g/mol. The van der Waals surface area contributed by atoms with Gasteiger partial charge in [0.1, 0.15) is 11.6 Å². The molecule has 0 spiro atoms. The van der Waals surface area contributed by atoms with Gasteiger partial charge >= 0.3 is 0 Å². The van der Waals surface area contributed by atoms with Crippen LogP contribution in [0, 0.1) is 11.6 Å². The summed E-state index contributed by atoms with van der Waals surface area (Å²) in [6, 6.07) is 3.17. The summed E-state index contributed by atoms with van der Waals surface area (Å²) < 4.78 is 26.0. The topological polar surface area (TPSA) is 46.3 Å². The molecule has 0 aliphatic carbocycles. The molecular formula is C13H16F2N2O. The Morgan fingerprint density at radius 1 is 1.33 bits per heavy atom. The third kappa shape index (κ3) is 3.26. The molecule has 1 amide bonds. The van der Waals surface area contributed by atoms with Crippen molar-refractivity contribution in [2.45, 2.75) is 25.3 Å². The third-order valence-electron chi connectivity index (χ3n) is 3.09. The van der Waals surface area contributed by atoms with E-state index in [1.807, 2.05) is 0 Å². The molecule has 3 nitrogen and oxygen atoms in total. The van der Waals surface area contributed by atoms with Crippen LogP contribution >= 0.6 is 0 Å². The van der Waals surface area contributed by atoms with Gasteiger partial charge in [0.15, 0.2) is 0 Å². The molecule has 18 heavy (non-hydrogen) atoms. The van der Waals surface area contributed by atoms with Gasteiger partial charge in [-0.3, -0.25) is 4.79 Å². The summed E-state index contributed by atoms with van der Waals surface area (Å²) in [5, 5.41) is 0. The van der Waals surface area contributed by atoms with Crippen molar-refractivity contribution in [3.05, 3.63) is 35.4 Å². The first-order valence-corrected chi connectivity index (χ1v) is 6.03. The number of carbonyl (C=O) groups excluding carboxylic acids is 1. The molecule has 1 atom stereocenters. The van der Waals surface area contributed by atoms with Crippen LogP contribution in [0.4, 0.5) is 8.78 Å². The number of nitrogens with zero attached hydrogens (tertiary/aromatic N) is 1. The van der Waals surface area contributed by atoms with Gasteiger partial charge in [0.25, 0.3) is 0 Å². The van der Waals surface area contributed by atoms with Gasteiger partial charge in [0.05, 0.1) is 6.42 Å². The SMILES string of the molecule is NC1CCCN(C(=O)Cc2cc(F)cc(F)c2)C1. The first-order chi connectivity index (χ1) is 8.54. The number of benzene rings is 1. The van der Waals surface area contributed by atoms with Gasteiger partial charge in [-0.1, -0.05) is 0 Å². The Balaban J connectivity index is 2.02. The summed E-state index contributed by atoms with van der Waals surface area (Å²) in [6.07, 6.45) is 1.81. The highest BCUT2D eigenvalue weighted by atomic mass is 19.1. The number of amides is 1. The van der Waals surface area contributed by atoms with Gasteiger partial charge in [0, 0.05) is 25.2 Å². The van der Waals surface area contributed by atoms with E-state index in [1.165, 1.54) is 12.1 Å². The standard InChI is InChI=1S/C13H16F2N2O/c14-10-4-9(5-11(15)7-10)6-13(18)17-3-1-2-12(16)8-17/h4-5,7,12H,1-3,6,8,16H2. The van der Waals surface area contributed by atoms with Crippen molar-refractivity contribution >= 4 is 5.91 Å². The summed E-state index contributed by atoms with van der Waals surface area (Å²) in [5.74, 6) is -1.45. The second-order valence-electron chi connectivity index (χ2n) is 4.70. The average Bonchev–Trinajstić information content (AvgIpc) is 2.27. The van der Waals surface area contributed by atoms with E-state index in [0.717, 1.165) is 18.9 Å². The normalized spacial score (nSPS) is 19.9. The van der Waals surface area contributed by atoms with Crippen molar-refractivity contribution in [2.75, 3.05) is 13.1 Å². The maximum absolute atomic E-state index is 13.0. The molecule has 2 rings (SSSR count). The fourth-order valence-electron chi connectivity index (χ4n) is 2.24. The second-order valence-corrected chi connectivity index (χ2v) is 4.70. The fourth-order valence-corrected chi connectivity index (χ4v) is 2.24. The molecule has 0 bridgehead atoms. The average molecular weight is 254 g/mol. The number of rotatable bonds is 2. The maximum Gasteiger partial charge on any atom is 0.227 e. The van der Waals surface area contributed by atoms with Gasteiger partial charge in [-0.05, 0) is 30.5 Å². The van der Waals surface area contributed by atoms with Crippen LogP contribution in [0.3, 0.4) is 0 Å². The van der Waals surface area contributed by atoms with Crippen LogP contribution in [-0.2, 0) is 11.2 Å². The number of piperidine rings is 1. The lowest BCUT2D eigenvalue weighted by Crippen LogP contribution is -2.46. The molecule has 2 N–H and O–H groups in total. The first-order valence-electron chi connectivity index (χ1n) is 6.03. The predicted octanol–water partition coefficient (Wildman–Crippen LogP) is 1.46. The van der Waals surface area contributed by atoms with Gasteiger partial charge < -0.3 is 10.6 Å². The number of hydrogen-bond donors (Lipinski definition) is 1. The summed E-state index contributed by atoms with van der Waals surface area (Å²) in [5.41, 5.74) is 6.15. The van der Waals surface area contributed by atoms with E-state index in [0.29, 0.717) is 18.7 Å². The minimum absolute atomic E-state index is 0.00643. The highest BCUT2D eigenvalue weighted by Gasteiger charge is 2.21. The number of hydrogen-bond acceptors (Lipinski definition) is 2. The molecule has 1 aromatic carbocycles. The Morgan fingerprint density at radius 3 is 2.61 bits per heavy atom. The molecule has 98 valence electrons. The van der Waals surface area contributed by atoms with Crippen LogP contribution in [-0.4, -0.2) is 29.9 Å². The maximum atomic E-state index is 13.0. The van der Waals surface area contributed by atoms with Gasteiger partial charge in [-0.15, -0.1) is 0 Å². The zero-order chi connectivity index (χ0) is 13.1. The van der Waals surface area contributed by atoms with E-state index < -0.39 is 11.6 Å². The highest BCUT2D eigenvalue weighted by Crippen LogP contribution is 2.13. The lowest BCUT2D eigenvalue weighted by atomic mass is 10.0. The third-order valence-corrected chi connectivity index (χ3v) is 3.09. The summed E-state index contributed by atoms with van der Waals surface area (Å²) in [7, 11) is 0. The minimum atomic E-state index is -0.659. The Morgan fingerprint density at radius 2 is 2.00 bits per heavy atom. The molecule has 1 fully saturated rings. The number of likely N-dealkylation sites (tertiary alicyclic amines) is 1. The van der Waals surface area contributed by atoms with Gasteiger partial charge in [-0.2, -0.15) is 0 Å². The van der Waals surface area contributed by atoms with E-state index >= 15 is 0 Å². The molecule has 1 aliphatic rings. The van der Waals surface area contributed by atoms with Crippen LogP contribution in [0.2, 0.25) is 0 Å². The minimum Gasteiger partial charge on any atom is -0.341 e. The Bertz CT molecular complexity index is 430. The van der Waals surface area contributed by atoms with E-state index in [2.05, 4.69) is 0 Å². The van der Waals surface area contributed by atoms with Crippen molar-refractivity contribution in [3.8, 4) is 0 Å².